The second-order valence-electron chi connectivity index (χ2n) is 7.73. The minimum absolute atomic E-state index is 0.0472. The van der Waals surface area contributed by atoms with Crippen molar-refractivity contribution in [2.24, 2.45) is 0 Å². The fraction of sp³-hybridized carbons (Fsp3) is 0.261. The fourth-order valence-corrected chi connectivity index (χ4v) is 2.87. The third-order valence-corrected chi connectivity index (χ3v) is 4.56. The first kappa shape index (κ1) is 19.5. The summed E-state index contributed by atoms with van der Waals surface area (Å²) in [5.74, 6) is -0.160. The summed E-state index contributed by atoms with van der Waals surface area (Å²) in [5.41, 5.74) is 3.31. The van der Waals surface area contributed by atoms with Crippen LogP contribution in [-0.2, 0) is 12.0 Å². The maximum absolute atomic E-state index is 12.4. The number of carbonyl (C=O) groups is 1. The maximum atomic E-state index is 12.4. The standard InChI is InChI=1S/C23H25N3O2/c1-23(2,3)19-11-9-18(10-12-19)22(28)24-15-16-26-21(27)14-13-20(25-26)17-7-5-4-6-8-17/h4-14H,15-16H2,1-3H3,(H,24,28). The summed E-state index contributed by atoms with van der Waals surface area (Å²) < 4.78 is 1.38. The van der Waals surface area contributed by atoms with Crippen molar-refractivity contribution in [3.8, 4) is 11.3 Å². The molecule has 0 saturated heterocycles. The number of nitrogens with zero attached hydrogens (tertiary/aromatic N) is 2. The van der Waals surface area contributed by atoms with E-state index >= 15 is 0 Å². The second-order valence-corrected chi connectivity index (χ2v) is 7.73. The number of nitrogens with one attached hydrogen (secondary N) is 1. The van der Waals surface area contributed by atoms with Crippen LogP contribution >= 0.6 is 0 Å². The van der Waals surface area contributed by atoms with E-state index in [9.17, 15) is 9.59 Å². The van der Waals surface area contributed by atoms with Crippen LogP contribution in [0.25, 0.3) is 11.3 Å². The Bertz CT molecular complexity index is 1000. The van der Waals surface area contributed by atoms with Crippen LogP contribution in [0.2, 0.25) is 0 Å². The molecule has 1 aromatic heterocycles. The largest absolute Gasteiger partial charge is 0.350 e. The second kappa shape index (κ2) is 8.21. The lowest BCUT2D eigenvalue weighted by Crippen LogP contribution is -2.32. The number of benzene rings is 2. The smallest absolute Gasteiger partial charge is 0.266 e. The molecule has 3 aromatic rings. The van der Waals surface area contributed by atoms with Crippen molar-refractivity contribution in [2.45, 2.75) is 32.7 Å². The lowest BCUT2D eigenvalue weighted by molar-refractivity contribution is 0.0951. The number of hydrogen-bond acceptors (Lipinski definition) is 3. The SMILES string of the molecule is CC(C)(C)c1ccc(C(=O)NCCn2nc(-c3ccccc3)ccc2=O)cc1. The lowest BCUT2D eigenvalue weighted by Gasteiger charge is -2.19. The van der Waals surface area contributed by atoms with Crippen LogP contribution in [0.3, 0.4) is 0 Å². The van der Waals surface area contributed by atoms with Crippen LogP contribution in [0.5, 0.6) is 0 Å². The summed E-state index contributed by atoms with van der Waals surface area (Å²) in [5, 5.41) is 7.26. The zero-order valence-electron chi connectivity index (χ0n) is 16.5. The lowest BCUT2D eigenvalue weighted by atomic mass is 9.87. The van der Waals surface area contributed by atoms with Gasteiger partial charge in [-0.2, -0.15) is 5.10 Å². The highest BCUT2D eigenvalue weighted by atomic mass is 16.1. The Balaban J connectivity index is 1.63. The van der Waals surface area contributed by atoms with Crippen LogP contribution in [0.15, 0.2) is 71.5 Å². The molecule has 0 saturated carbocycles. The molecule has 0 bridgehead atoms. The van der Waals surface area contributed by atoms with Crippen molar-refractivity contribution >= 4 is 5.91 Å². The Kier molecular flexibility index (Phi) is 5.73. The summed E-state index contributed by atoms with van der Waals surface area (Å²) >= 11 is 0. The Hall–Kier alpha value is -3.21. The minimum atomic E-state index is -0.191. The highest BCUT2D eigenvalue weighted by Crippen LogP contribution is 2.22. The third kappa shape index (κ3) is 4.74. The van der Waals surface area contributed by atoms with Crippen molar-refractivity contribution < 1.29 is 4.79 Å². The summed E-state index contributed by atoms with van der Waals surface area (Å²) in [6.45, 7) is 7.04. The first-order valence-electron chi connectivity index (χ1n) is 9.37. The molecule has 5 heteroatoms. The molecule has 0 atom stereocenters. The highest BCUT2D eigenvalue weighted by molar-refractivity contribution is 5.94. The molecule has 144 valence electrons. The van der Waals surface area contributed by atoms with Gasteiger partial charge in [-0.3, -0.25) is 9.59 Å². The molecule has 0 fully saturated rings. The fourth-order valence-electron chi connectivity index (χ4n) is 2.87. The van der Waals surface area contributed by atoms with Gasteiger partial charge in [-0.05, 0) is 29.2 Å². The van der Waals surface area contributed by atoms with Gasteiger partial charge in [0.2, 0.25) is 0 Å². The van der Waals surface area contributed by atoms with E-state index in [-0.39, 0.29) is 16.9 Å². The van der Waals surface area contributed by atoms with E-state index in [0.717, 1.165) is 11.3 Å². The average Bonchev–Trinajstić information content (AvgIpc) is 2.69. The van der Waals surface area contributed by atoms with Crippen LogP contribution in [0, 0.1) is 0 Å². The molecule has 0 aliphatic heterocycles. The van der Waals surface area contributed by atoms with Crippen LogP contribution < -0.4 is 10.9 Å². The summed E-state index contributed by atoms with van der Waals surface area (Å²) in [4.78, 5) is 24.4. The quantitative estimate of drug-likeness (QED) is 0.740. The molecule has 0 spiro atoms. The summed E-state index contributed by atoms with van der Waals surface area (Å²) in [7, 11) is 0. The van der Waals surface area contributed by atoms with E-state index in [4.69, 9.17) is 0 Å². The van der Waals surface area contributed by atoms with Gasteiger partial charge in [0, 0.05) is 23.7 Å². The van der Waals surface area contributed by atoms with Crippen molar-refractivity contribution in [3.05, 3.63) is 88.2 Å². The minimum Gasteiger partial charge on any atom is -0.350 e. The molecule has 1 N–H and O–H groups in total. The van der Waals surface area contributed by atoms with Gasteiger partial charge in [-0.15, -0.1) is 0 Å². The molecule has 28 heavy (non-hydrogen) atoms. The summed E-state index contributed by atoms with van der Waals surface area (Å²) in [6.07, 6.45) is 0. The van der Waals surface area contributed by atoms with E-state index in [1.807, 2.05) is 54.6 Å². The van der Waals surface area contributed by atoms with Crippen LogP contribution in [0.4, 0.5) is 0 Å². The topological polar surface area (TPSA) is 64.0 Å². The molecule has 2 aromatic carbocycles. The molecule has 0 unspecified atom stereocenters. The Labute approximate surface area is 165 Å². The average molecular weight is 375 g/mol. The van der Waals surface area contributed by atoms with Gasteiger partial charge < -0.3 is 5.32 Å². The van der Waals surface area contributed by atoms with Crippen molar-refractivity contribution in [1.29, 1.82) is 0 Å². The number of hydrogen-bond donors (Lipinski definition) is 1. The highest BCUT2D eigenvalue weighted by Gasteiger charge is 2.14. The third-order valence-electron chi connectivity index (χ3n) is 4.56. The van der Waals surface area contributed by atoms with E-state index in [0.29, 0.717) is 18.7 Å². The number of aromatic nitrogens is 2. The van der Waals surface area contributed by atoms with Gasteiger partial charge in [0.1, 0.15) is 0 Å². The molecule has 3 rings (SSSR count). The maximum Gasteiger partial charge on any atom is 0.266 e. The van der Waals surface area contributed by atoms with Crippen molar-refractivity contribution in [3.63, 3.8) is 0 Å². The van der Waals surface area contributed by atoms with Gasteiger partial charge in [0.25, 0.3) is 11.5 Å². The van der Waals surface area contributed by atoms with Gasteiger partial charge >= 0.3 is 0 Å². The Morgan fingerprint density at radius 3 is 2.29 bits per heavy atom. The van der Waals surface area contributed by atoms with Crippen molar-refractivity contribution in [1.82, 2.24) is 15.1 Å². The number of carbonyl (C=O) groups excluding carboxylic acids is 1. The zero-order valence-corrected chi connectivity index (χ0v) is 16.5. The van der Waals surface area contributed by atoms with E-state index < -0.39 is 0 Å². The molecule has 0 radical (unpaired) electrons. The molecule has 1 amide bonds. The molecule has 1 heterocycles. The summed E-state index contributed by atoms with van der Waals surface area (Å²) in [6, 6.07) is 20.5. The molecular weight excluding hydrogens is 350 g/mol. The Morgan fingerprint density at radius 1 is 0.964 bits per heavy atom. The molecule has 0 aliphatic carbocycles. The Morgan fingerprint density at radius 2 is 1.64 bits per heavy atom. The first-order valence-corrected chi connectivity index (χ1v) is 9.37. The predicted molar refractivity (Wildman–Crippen MR) is 111 cm³/mol. The molecule has 0 aliphatic rings. The van der Waals surface area contributed by atoms with Crippen molar-refractivity contribution in [2.75, 3.05) is 6.54 Å². The van der Waals surface area contributed by atoms with Gasteiger partial charge in [0.05, 0.1) is 12.2 Å². The molecular formula is C23H25N3O2. The van der Waals surface area contributed by atoms with Gasteiger partial charge in [0.15, 0.2) is 0 Å². The first-order chi connectivity index (χ1) is 13.3. The normalized spacial score (nSPS) is 11.2. The van der Waals surface area contributed by atoms with E-state index in [1.54, 1.807) is 6.07 Å². The number of rotatable bonds is 5. The van der Waals surface area contributed by atoms with E-state index in [2.05, 4.69) is 31.2 Å². The zero-order chi connectivity index (χ0) is 20.1. The van der Waals surface area contributed by atoms with Gasteiger partial charge in [-0.1, -0.05) is 63.2 Å². The van der Waals surface area contributed by atoms with Gasteiger partial charge in [-0.25, -0.2) is 4.68 Å². The monoisotopic (exact) mass is 375 g/mol. The van der Waals surface area contributed by atoms with Crippen LogP contribution in [-0.4, -0.2) is 22.2 Å². The van der Waals surface area contributed by atoms with Crippen LogP contribution in [0.1, 0.15) is 36.7 Å². The van der Waals surface area contributed by atoms with E-state index in [1.165, 1.54) is 16.3 Å². The predicted octanol–water partition coefficient (Wildman–Crippen LogP) is 3.64. The molecule has 5 nitrogen and oxygen atoms in total. The number of amides is 1.